The van der Waals surface area contributed by atoms with Gasteiger partial charge in [-0.2, -0.15) is 0 Å². The van der Waals surface area contributed by atoms with Crippen molar-refractivity contribution in [2.24, 2.45) is 0 Å². The van der Waals surface area contributed by atoms with E-state index in [1.165, 1.54) is 0 Å². The van der Waals surface area contributed by atoms with Crippen LogP contribution in [0.4, 0.5) is 4.79 Å². The monoisotopic (exact) mass is 315 g/mol. The minimum Gasteiger partial charge on any atom is -0.391 e. The van der Waals surface area contributed by atoms with Gasteiger partial charge >= 0.3 is 6.03 Å². The fraction of sp³-hybridized carbons (Fsp3) is 0.438. The van der Waals surface area contributed by atoms with Gasteiger partial charge in [0.25, 0.3) is 0 Å². The molecule has 1 aliphatic carbocycles. The fourth-order valence-corrected chi connectivity index (χ4v) is 2.76. The Morgan fingerprint density at radius 1 is 1.26 bits per heavy atom. The summed E-state index contributed by atoms with van der Waals surface area (Å²) in [7, 11) is 0. The molecule has 1 saturated carbocycles. The van der Waals surface area contributed by atoms with Gasteiger partial charge < -0.3 is 15.7 Å². The van der Waals surface area contributed by atoms with Crippen molar-refractivity contribution in [3.63, 3.8) is 0 Å². The number of hydrogen-bond donors (Lipinski definition) is 3. The first-order valence-corrected chi connectivity index (χ1v) is 7.91. The number of aliphatic hydroxyl groups excluding tert-OH is 1. The normalized spacial score (nSPS) is 20.9. The van der Waals surface area contributed by atoms with E-state index in [1.807, 2.05) is 30.3 Å². The number of aromatic nitrogens is 3. The van der Waals surface area contributed by atoms with Crippen molar-refractivity contribution in [2.75, 3.05) is 0 Å². The van der Waals surface area contributed by atoms with E-state index in [9.17, 15) is 9.90 Å². The van der Waals surface area contributed by atoms with Crippen LogP contribution in [0, 0.1) is 0 Å². The molecule has 7 heteroatoms. The van der Waals surface area contributed by atoms with Crippen LogP contribution in [0.25, 0.3) is 5.69 Å². The maximum Gasteiger partial charge on any atom is 0.315 e. The third kappa shape index (κ3) is 4.07. The van der Waals surface area contributed by atoms with Crippen molar-refractivity contribution >= 4 is 6.03 Å². The average Bonchev–Trinajstić information content (AvgIpc) is 3.05. The summed E-state index contributed by atoms with van der Waals surface area (Å²) in [6.07, 6.45) is 4.95. The van der Waals surface area contributed by atoms with Gasteiger partial charge in [-0.05, 0) is 25.0 Å². The number of benzene rings is 1. The number of rotatable bonds is 4. The van der Waals surface area contributed by atoms with Crippen LogP contribution >= 0.6 is 0 Å². The Morgan fingerprint density at radius 3 is 2.83 bits per heavy atom. The van der Waals surface area contributed by atoms with Gasteiger partial charge in [-0.25, -0.2) is 9.48 Å². The smallest absolute Gasteiger partial charge is 0.315 e. The van der Waals surface area contributed by atoms with E-state index in [4.69, 9.17) is 0 Å². The molecular formula is C16H21N5O2. The van der Waals surface area contributed by atoms with Gasteiger partial charge in [-0.15, -0.1) is 5.10 Å². The summed E-state index contributed by atoms with van der Waals surface area (Å²) in [5, 5.41) is 23.5. The molecule has 1 aliphatic rings. The highest BCUT2D eigenvalue weighted by Gasteiger charge is 2.24. The van der Waals surface area contributed by atoms with Crippen molar-refractivity contribution in [1.29, 1.82) is 0 Å². The Kier molecular flexibility index (Phi) is 4.87. The highest BCUT2D eigenvalue weighted by molar-refractivity contribution is 5.74. The van der Waals surface area contributed by atoms with Gasteiger partial charge in [-0.1, -0.05) is 36.3 Å². The van der Waals surface area contributed by atoms with E-state index in [-0.39, 0.29) is 12.1 Å². The molecule has 2 aromatic rings. The highest BCUT2D eigenvalue weighted by atomic mass is 16.3. The summed E-state index contributed by atoms with van der Waals surface area (Å²) in [6.45, 7) is 0.293. The highest BCUT2D eigenvalue weighted by Crippen LogP contribution is 2.18. The first kappa shape index (κ1) is 15.5. The van der Waals surface area contributed by atoms with Crippen LogP contribution in [-0.4, -0.2) is 38.3 Å². The summed E-state index contributed by atoms with van der Waals surface area (Å²) in [5.74, 6) is 0. The Balaban J connectivity index is 1.50. The minimum atomic E-state index is -0.451. The van der Waals surface area contributed by atoms with Gasteiger partial charge in [0.2, 0.25) is 0 Å². The van der Waals surface area contributed by atoms with Gasteiger partial charge in [0.1, 0.15) is 5.69 Å². The van der Waals surface area contributed by atoms with Crippen molar-refractivity contribution in [1.82, 2.24) is 25.6 Å². The first-order valence-electron chi connectivity index (χ1n) is 7.91. The summed E-state index contributed by atoms with van der Waals surface area (Å²) in [6, 6.07) is 9.21. The number of aliphatic hydroxyl groups is 1. The van der Waals surface area contributed by atoms with Crippen LogP contribution in [0.15, 0.2) is 36.5 Å². The lowest BCUT2D eigenvalue weighted by molar-refractivity contribution is 0.0943. The lowest BCUT2D eigenvalue weighted by atomic mass is 9.93. The zero-order chi connectivity index (χ0) is 16.1. The molecule has 1 heterocycles. The standard InChI is InChI=1S/C16H21N5O2/c22-15-9-5-4-8-14(15)18-16(23)17-10-12-11-21(20-19-12)13-6-2-1-3-7-13/h1-3,6-7,11,14-15,22H,4-5,8-10H2,(H2,17,18,23)/t14-,15+/m0/s1. The molecule has 0 saturated heterocycles. The first-order chi connectivity index (χ1) is 11.2. The molecule has 1 aromatic carbocycles. The molecule has 23 heavy (non-hydrogen) atoms. The maximum absolute atomic E-state index is 11.9. The molecule has 122 valence electrons. The third-order valence-corrected chi connectivity index (χ3v) is 4.04. The molecular weight excluding hydrogens is 294 g/mol. The van der Waals surface area contributed by atoms with E-state index >= 15 is 0 Å². The van der Waals surface area contributed by atoms with E-state index < -0.39 is 6.10 Å². The molecule has 0 bridgehead atoms. The molecule has 7 nitrogen and oxygen atoms in total. The summed E-state index contributed by atoms with van der Waals surface area (Å²) < 4.78 is 1.67. The number of nitrogens with one attached hydrogen (secondary N) is 2. The molecule has 0 radical (unpaired) electrons. The number of urea groups is 1. The molecule has 0 unspecified atom stereocenters. The van der Waals surface area contributed by atoms with Crippen molar-refractivity contribution in [3.8, 4) is 5.69 Å². The van der Waals surface area contributed by atoms with Crippen molar-refractivity contribution in [2.45, 2.75) is 44.4 Å². The van der Waals surface area contributed by atoms with Crippen LogP contribution < -0.4 is 10.6 Å². The molecule has 1 aromatic heterocycles. The molecule has 0 spiro atoms. The SMILES string of the molecule is O=C(NCc1cn(-c2ccccc2)nn1)N[C@H]1CCCC[C@H]1O. The summed E-state index contributed by atoms with van der Waals surface area (Å²) in [4.78, 5) is 11.9. The fourth-order valence-electron chi connectivity index (χ4n) is 2.76. The summed E-state index contributed by atoms with van der Waals surface area (Å²) >= 11 is 0. The van der Waals surface area contributed by atoms with Crippen LogP contribution in [0.5, 0.6) is 0 Å². The van der Waals surface area contributed by atoms with Crippen LogP contribution in [0.3, 0.4) is 0 Å². The molecule has 1 fully saturated rings. The van der Waals surface area contributed by atoms with E-state index in [2.05, 4.69) is 20.9 Å². The van der Waals surface area contributed by atoms with E-state index in [0.717, 1.165) is 31.4 Å². The minimum absolute atomic E-state index is 0.163. The molecule has 2 atom stereocenters. The second-order valence-corrected chi connectivity index (χ2v) is 5.78. The third-order valence-electron chi connectivity index (χ3n) is 4.04. The van der Waals surface area contributed by atoms with E-state index in [0.29, 0.717) is 12.2 Å². The Morgan fingerprint density at radius 2 is 2.04 bits per heavy atom. The average molecular weight is 315 g/mol. The quantitative estimate of drug-likeness (QED) is 0.794. The number of amides is 2. The zero-order valence-corrected chi connectivity index (χ0v) is 12.9. The number of carbonyl (C=O) groups excluding carboxylic acids is 1. The van der Waals surface area contributed by atoms with Crippen LogP contribution in [0.1, 0.15) is 31.4 Å². The number of nitrogens with zero attached hydrogens (tertiary/aromatic N) is 3. The van der Waals surface area contributed by atoms with Crippen LogP contribution in [-0.2, 0) is 6.54 Å². The van der Waals surface area contributed by atoms with Gasteiger partial charge in [0.15, 0.2) is 0 Å². The predicted octanol–water partition coefficient (Wildman–Crippen LogP) is 1.37. The maximum atomic E-state index is 11.9. The predicted molar refractivity (Wildman–Crippen MR) is 85.0 cm³/mol. The van der Waals surface area contributed by atoms with Crippen molar-refractivity contribution < 1.29 is 9.90 Å². The van der Waals surface area contributed by atoms with Gasteiger partial charge in [0, 0.05) is 0 Å². The number of para-hydroxylation sites is 1. The Hall–Kier alpha value is -2.41. The number of carbonyl (C=O) groups is 1. The molecule has 2 amide bonds. The number of hydrogen-bond acceptors (Lipinski definition) is 4. The Labute approximate surface area is 134 Å². The lowest BCUT2D eigenvalue weighted by Crippen LogP contribution is -2.48. The molecule has 0 aliphatic heterocycles. The lowest BCUT2D eigenvalue weighted by Gasteiger charge is -2.28. The van der Waals surface area contributed by atoms with Gasteiger partial charge in [0.05, 0.1) is 30.6 Å². The van der Waals surface area contributed by atoms with Crippen molar-refractivity contribution in [3.05, 3.63) is 42.2 Å². The largest absolute Gasteiger partial charge is 0.391 e. The Bertz CT molecular complexity index is 643. The second kappa shape index (κ2) is 7.23. The van der Waals surface area contributed by atoms with Crippen LogP contribution in [0.2, 0.25) is 0 Å². The second-order valence-electron chi connectivity index (χ2n) is 5.78. The molecule has 3 rings (SSSR count). The summed E-state index contributed by atoms with van der Waals surface area (Å²) in [5.41, 5.74) is 1.59. The zero-order valence-electron chi connectivity index (χ0n) is 12.9. The topological polar surface area (TPSA) is 92.1 Å². The molecule has 3 N–H and O–H groups in total. The van der Waals surface area contributed by atoms with E-state index in [1.54, 1.807) is 10.9 Å². The van der Waals surface area contributed by atoms with Gasteiger partial charge in [-0.3, -0.25) is 0 Å².